The minimum absolute atomic E-state index is 0.0924. The second-order valence-corrected chi connectivity index (χ2v) is 6.64. The fourth-order valence-corrected chi connectivity index (χ4v) is 3.10. The molecule has 0 spiro atoms. The summed E-state index contributed by atoms with van der Waals surface area (Å²) in [5, 5.41) is 9.05. The Balaban J connectivity index is 1.96. The zero-order valence-electron chi connectivity index (χ0n) is 16.1. The van der Waals surface area contributed by atoms with Crippen LogP contribution in [0.2, 0.25) is 0 Å². The summed E-state index contributed by atoms with van der Waals surface area (Å²) in [5.41, 5.74) is 0.992. The van der Waals surface area contributed by atoms with Gasteiger partial charge < -0.3 is 24.4 Å². The molecular formula is C19H26N2O6. The van der Waals surface area contributed by atoms with Crippen LogP contribution in [0.1, 0.15) is 18.9 Å². The molecule has 1 aliphatic rings. The van der Waals surface area contributed by atoms with E-state index in [4.69, 9.17) is 14.6 Å². The van der Waals surface area contributed by atoms with Crippen LogP contribution >= 0.6 is 0 Å². The molecule has 0 bridgehead atoms. The Hall–Kier alpha value is -2.77. The maximum Gasteiger partial charge on any atom is 0.326 e. The molecule has 2 rings (SSSR count). The summed E-state index contributed by atoms with van der Waals surface area (Å²) >= 11 is 0. The van der Waals surface area contributed by atoms with Crippen molar-refractivity contribution < 1.29 is 29.0 Å². The predicted molar refractivity (Wildman–Crippen MR) is 97.8 cm³/mol. The average Bonchev–Trinajstić information content (AvgIpc) is 3.04. The molecule has 1 aromatic rings. The van der Waals surface area contributed by atoms with Gasteiger partial charge in [0.25, 0.3) is 0 Å². The zero-order valence-corrected chi connectivity index (χ0v) is 16.1. The highest BCUT2D eigenvalue weighted by atomic mass is 16.5. The number of carboxylic acids is 1. The first-order chi connectivity index (χ1) is 12.8. The number of carbonyl (C=O) groups is 3. The number of benzene rings is 1. The number of hydrogen-bond acceptors (Lipinski definition) is 5. The lowest BCUT2D eigenvalue weighted by molar-refractivity contribution is -0.149. The highest BCUT2D eigenvalue weighted by Crippen LogP contribution is 2.28. The standard InChI is InChI=1S/C19H26N2O6/c1-12(19(24)25)20(2)18(23)14-10-17(22)21(11-14)8-7-13-5-6-15(26-3)16(9-13)27-4/h5-6,9,12,14H,7-8,10-11H2,1-4H3,(H,24,25). The van der Waals surface area contributed by atoms with E-state index in [0.717, 1.165) is 5.56 Å². The van der Waals surface area contributed by atoms with E-state index in [1.54, 1.807) is 19.1 Å². The van der Waals surface area contributed by atoms with E-state index in [9.17, 15) is 14.4 Å². The Labute approximate surface area is 158 Å². The molecule has 148 valence electrons. The fraction of sp³-hybridized carbons (Fsp3) is 0.526. The Kier molecular flexibility index (Phi) is 6.65. The van der Waals surface area contributed by atoms with Crippen LogP contribution in [0, 0.1) is 5.92 Å². The summed E-state index contributed by atoms with van der Waals surface area (Å²) in [7, 11) is 4.59. The number of methoxy groups -OCH3 is 2. The van der Waals surface area contributed by atoms with Gasteiger partial charge in [0.1, 0.15) is 6.04 Å². The van der Waals surface area contributed by atoms with Crippen molar-refractivity contribution in [2.24, 2.45) is 5.92 Å². The quantitative estimate of drug-likeness (QED) is 0.726. The van der Waals surface area contributed by atoms with Gasteiger partial charge in [-0.05, 0) is 31.0 Å². The first-order valence-electron chi connectivity index (χ1n) is 8.76. The third kappa shape index (κ3) is 4.69. The molecule has 1 fully saturated rings. The van der Waals surface area contributed by atoms with Crippen molar-refractivity contribution in [1.82, 2.24) is 9.80 Å². The maximum atomic E-state index is 12.5. The van der Waals surface area contributed by atoms with Gasteiger partial charge in [0.15, 0.2) is 11.5 Å². The molecule has 8 heteroatoms. The van der Waals surface area contributed by atoms with E-state index in [1.807, 2.05) is 18.2 Å². The van der Waals surface area contributed by atoms with Gasteiger partial charge in [0, 0.05) is 26.6 Å². The summed E-state index contributed by atoms with van der Waals surface area (Å²) in [6.07, 6.45) is 0.732. The Morgan fingerprint density at radius 3 is 2.56 bits per heavy atom. The molecule has 1 aromatic carbocycles. The van der Waals surface area contributed by atoms with E-state index in [-0.39, 0.29) is 18.2 Å². The van der Waals surface area contributed by atoms with Crippen molar-refractivity contribution in [1.29, 1.82) is 0 Å². The number of likely N-dealkylation sites (tertiary alicyclic amines) is 1. The van der Waals surface area contributed by atoms with Gasteiger partial charge in [-0.1, -0.05) is 6.07 Å². The van der Waals surface area contributed by atoms with Crippen LogP contribution in [0.5, 0.6) is 11.5 Å². The molecule has 1 aliphatic heterocycles. The van der Waals surface area contributed by atoms with E-state index in [1.165, 1.54) is 18.9 Å². The molecule has 2 unspecified atom stereocenters. The Bertz CT molecular complexity index is 720. The summed E-state index contributed by atoms with van der Waals surface area (Å²) < 4.78 is 10.5. The van der Waals surface area contributed by atoms with Crippen molar-refractivity contribution in [3.05, 3.63) is 23.8 Å². The third-order valence-electron chi connectivity index (χ3n) is 4.97. The van der Waals surface area contributed by atoms with Gasteiger partial charge in [0.2, 0.25) is 11.8 Å². The number of carboxylic acid groups (broad SMARTS) is 1. The second kappa shape index (κ2) is 8.75. The lowest BCUT2D eigenvalue weighted by Crippen LogP contribution is -2.44. The highest BCUT2D eigenvalue weighted by Gasteiger charge is 2.37. The SMILES string of the molecule is COc1ccc(CCN2CC(C(=O)N(C)C(C)C(=O)O)CC2=O)cc1OC. The van der Waals surface area contributed by atoms with Crippen molar-refractivity contribution in [2.45, 2.75) is 25.8 Å². The summed E-state index contributed by atoms with van der Waals surface area (Å²) in [6.45, 7) is 2.24. The maximum absolute atomic E-state index is 12.5. The average molecular weight is 378 g/mol. The first kappa shape index (κ1) is 20.5. The molecule has 8 nitrogen and oxygen atoms in total. The van der Waals surface area contributed by atoms with Gasteiger partial charge in [-0.2, -0.15) is 0 Å². The molecule has 1 N–H and O–H groups in total. The van der Waals surface area contributed by atoms with E-state index in [0.29, 0.717) is 31.0 Å². The number of amides is 2. The zero-order chi connectivity index (χ0) is 20.1. The molecular weight excluding hydrogens is 352 g/mol. The van der Waals surface area contributed by atoms with Crippen LogP contribution in [0.25, 0.3) is 0 Å². The Morgan fingerprint density at radius 1 is 1.30 bits per heavy atom. The third-order valence-corrected chi connectivity index (χ3v) is 4.97. The number of nitrogens with zero attached hydrogens (tertiary/aromatic N) is 2. The van der Waals surface area contributed by atoms with Gasteiger partial charge in [-0.3, -0.25) is 9.59 Å². The van der Waals surface area contributed by atoms with Gasteiger partial charge >= 0.3 is 5.97 Å². The van der Waals surface area contributed by atoms with Crippen molar-refractivity contribution in [3.8, 4) is 11.5 Å². The Morgan fingerprint density at radius 2 is 1.96 bits per heavy atom. The van der Waals surface area contributed by atoms with Crippen molar-refractivity contribution >= 4 is 17.8 Å². The molecule has 0 aromatic heterocycles. The van der Waals surface area contributed by atoms with E-state index in [2.05, 4.69) is 0 Å². The predicted octanol–water partition coefficient (Wildman–Crippen LogP) is 1.03. The van der Waals surface area contributed by atoms with Crippen molar-refractivity contribution in [2.75, 3.05) is 34.4 Å². The molecule has 0 aliphatic carbocycles. The molecule has 2 amide bonds. The lowest BCUT2D eigenvalue weighted by Gasteiger charge is -2.24. The summed E-state index contributed by atoms with van der Waals surface area (Å²) in [4.78, 5) is 38.6. The van der Waals surface area contributed by atoms with Crippen LogP contribution in [-0.2, 0) is 20.8 Å². The fourth-order valence-electron chi connectivity index (χ4n) is 3.10. The molecule has 1 heterocycles. The summed E-state index contributed by atoms with van der Waals surface area (Å²) in [6, 6.07) is 4.67. The smallest absolute Gasteiger partial charge is 0.326 e. The van der Waals surface area contributed by atoms with Gasteiger partial charge in [0.05, 0.1) is 20.1 Å². The molecule has 2 atom stereocenters. The monoisotopic (exact) mass is 378 g/mol. The minimum Gasteiger partial charge on any atom is -0.493 e. The number of ether oxygens (including phenoxy) is 2. The highest BCUT2D eigenvalue weighted by molar-refractivity contribution is 5.91. The van der Waals surface area contributed by atoms with Crippen LogP contribution in [-0.4, -0.2) is 73.1 Å². The number of carbonyl (C=O) groups excluding carboxylic acids is 2. The molecule has 0 radical (unpaired) electrons. The van der Waals surface area contributed by atoms with Gasteiger partial charge in [-0.15, -0.1) is 0 Å². The minimum atomic E-state index is -1.07. The van der Waals surface area contributed by atoms with Crippen LogP contribution in [0.3, 0.4) is 0 Å². The number of aliphatic carboxylic acids is 1. The number of rotatable bonds is 8. The second-order valence-electron chi connectivity index (χ2n) is 6.64. The topological polar surface area (TPSA) is 96.4 Å². The molecule has 27 heavy (non-hydrogen) atoms. The first-order valence-corrected chi connectivity index (χ1v) is 8.76. The van der Waals surface area contributed by atoms with E-state index < -0.39 is 17.9 Å². The normalized spacial score (nSPS) is 17.6. The van der Waals surface area contributed by atoms with Crippen molar-refractivity contribution in [3.63, 3.8) is 0 Å². The van der Waals surface area contributed by atoms with Crippen LogP contribution in [0.4, 0.5) is 0 Å². The summed E-state index contributed by atoms with van der Waals surface area (Å²) in [5.74, 6) is -0.716. The van der Waals surface area contributed by atoms with Crippen LogP contribution in [0.15, 0.2) is 18.2 Å². The van der Waals surface area contributed by atoms with Crippen LogP contribution < -0.4 is 9.47 Å². The molecule has 1 saturated heterocycles. The largest absolute Gasteiger partial charge is 0.493 e. The van der Waals surface area contributed by atoms with E-state index >= 15 is 0 Å². The lowest BCUT2D eigenvalue weighted by atomic mass is 10.1. The number of hydrogen-bond donors (Lipinski definition) is 1. The van der Waals surface area contributed by atoms with Gasteiger partial charge in [-0.25, -0.2) is 4.79 Å². The number of likely N-dealkylation sites (N-methyl/N-ethyl adjacent to an activating group) is 1. The molecule has 0 saturated carbocycles.